The Morgan fingerprint density at radius 2 is 1.67 bits per heavy atom. The highest BCUT2D eigenvalue weighted by Gasteiger charge is 2.11. The van der Waals surface area contributed by atoms with Gasteiger partial charge < -0.3 is 5.32 Å². The Labute approximate surface area is 124 Å². The topological polar surface area (TPSA) is 29.1 Å². The minimum atomic E-state index is -0.0690. The zero-order valence-corrected chi connectivity index (χ0v) is 12.2. The van der Waals surface area contributed by atoms with E-state index in [0.717, 1.165) is 27.6 Å². The molecule has 0 saturated carbocycles. The van der Waals surface area contributed by atoms with Gasteiger partial charge in [0.2, 0.25) is 0 Å². The van der Waals surface area contributed by atoms with Gasteiger partial charge in [-0.25, -0.2) is 0 Å². The maximum absolute atomic E-state index is 12.6. The van der Waals surface area contributed by atoms with E-state index in [2.05, 4.69) is 5.32 Å². The molecule has 0 aliphatic rings. The van der Waals surface area contributed by atoms with Gasteiger partial charge in [0.1, 0.15) is 0 Å². The summed E-state index contributed by atoms with van der Waals surface area (Å²) in [7, 11) is 0. The summed E-state index contributed by atoms with van der Waals surface area (Å²) in [6.07, 6.45) is 0. The molecule has 0 radical (unpaired) electrons. The van der Waals surface area contributed by atoms with E-state index in [0.29, 0.717) is 5.56 Å². The maximum atomic E-state index is 12.6. The number of fused-ring (bicyclic) bond motifs is 1. The first-order valence-corrected chi connectivity index (χ1v) is 7.01. The molecule has 0 bridgehead atoms. The number of benzene rings is 3. The third kappa shape index (κ3) is 2.65. The summed E-state index contributed by atoms with van der Waals surface area (Å²) in [4.78, 5) is 12.6. The van der Waals surface area contributed by atoms with Crippen LogP contribution in [-0.4, -0.2) is 5.91 Å². The summed E-state index contributed by atoms with van der Waals surface area (Å²) in [6, 6.07) is 19.8. The van der Waals surface area contributed by atoms with Crippen molar-refractivity contribution in [1.29, 1.82) is 0 Å². The molecule has 0 saturated heterocycles. The normalized spacial score (nSPS) is 10.6. The Hall–Kier alpha value is -2.61. The monoisotopic (exact) mass is 275 g/mol. The van der Waals surface area contributed by atoms with E-state index in [4.69, 9.17) is 0 Å². The summed E-state index contributed by atoms with van der Waals surface area (Å²) >= 11 is 0. The fourth-order valence-electron chi connectivity index (χ4n) is 2.48. The molecule has 3 aromatic rings. The number of amides is 1. The molecule has 0 heterocycles. The molecule has 1 amide bonds. The van der Waals surface area contributed by atoms with Crippen LogP contribution in [0.25, 0.3) is 10.8 Å². The molecule has 0 spiro atoms. The molecule has 0 fully saturated rings. The average Bonchev–Trinajstić information content (AvgIpc) is 2.50. The number of rotatable bonds is 2. The number of aryl methyl sites for hydroxylation is 2. The van der Waals surface area contributed by atoms with E-state index >= 15 is 0 Å². The van der Waals surface area contributed by atoms with Gasteiger partial charge in [-0.2, -0.15) is 0 Å². The van der Waals surface area contributed by atoms with Crippen LogP contribution in [0.2, 0.25) is 0 Å². The van der Waals surface area contributed by atoms with Crippen molar-refractivity contribution >= 4 is 22.4 Å². The smallest absolute Gasteiger partial charge is 0.256 e. The summed E-state index contributed by atoms with van der Waals surface area (Å²) in [5, 5.41) is 5.07. The SMILES string of the molecule is Cc1ccc(C)c(NC(=O)c2cccc3ccccc23)c1. The number of nitrogens with one attached hydrogen (secondary N) is 1. The van der Waals surface area contributed by atoms with Crippen LogP contribution in [0.15, 0.2) is 60.7 Å². The summed E-state index contributed by atoms with van der Waals surface area (Å²) in [5.41, 5.74) is 3.77. The molecule has 1 N–H and O–H groups in total. The summed E-state index contributed by atoms with van der Waals surface area (Å²) < 4.78 is 0. The third-order valence-electron chi connectivity index (χ3n) is 3.68. The number of hydrogen-bond donors (Lipinski definition) is 1. The van der Waals surface area contributed by atoms with Gasteiger partial charge in [-0.15, -0.1) is 0 Å². The van der Waals surface area contributed by atoms with Crippen LogP contribution in [-0.2, 0) is 0 Å². The molecule has 3 rings (SSSR count). The van der Waals surface area contributed by atoms with Crippen LogP contribution >= 0.6 is 0 Å². The largest absolute Gasteiger partial charge is 0.322 e. The molecule has 2 nitrogen and oxygen atoms in total. The number of hydrogen-bond acceptors (Lipinski definition) is 1. The van der Waals surface area contributed by atoms with Crippen LogP contribution in [0.5, 0.6) is 0 Å². The van der Waals surface area contributed by atoms with E-state index < -0.39 is 0 Å². The molecular formula is C19H17NO. The van der Waals surface area contributed by atoms with Gasteiger partial charge in [0.05, 0.1) is 0 Å². The number of anilines is 1. The first-order valence-electron chi connectivity index (χ1n) is 7.01. The van der Waals surface area contributed by atoms with Crippen LogP contribution in [0.4, 0.5) is 5.69 Å². The van der Waals surface area contributed by atoms with Crippen molar-refractivity contribution in [3.8, 4) is 0 Å². The van der Waals surface area contributed by atoms with Gasteiger partial charge in [-0.3, -0.25) is 4.79 Å². The van der Waals surface area contributed by atoms with Gasteiger partial charge in [0, 0.05) is 11.3 Å². The Morgan fingerprint density at radius 3 is 2.52 bits per heavy atom. The predicted molar refractivity (Wildman–Crippen MR) is 87.8 cm³/mol. The zero-order valence-electron chi connectivity index (χ0n) is 12.2. The maximum Gasteiger partial charge on any atom is 0.256 e. The fourth-order valence-corrected chi connectivity index (χ4v) is 2.48. The van der Waals surface area contributed by atoms with Crippen LogP contribution in [0.1, 0.15) is 21.5 Å². The predicted octanol–water partition coefficient (Wildman–Crippen LogP) is 4.71. The second-order valence-electron chi connectivity index (χ2n) is 5.30. The molecular weight excluding hydrogens is 258 g/mol. The molecule has 0 aromatic heterocycles. The zero-order chi connectivity index (χ0) is 14.8. The van der Waals surface area contributed by atoms with Crippen LogP contribution in [0.3, 0.4) is 0 Å². The molecule has 2 heteroatoms. The summed E-state index contributed by atoms with van der Waals surface area (Å²) in [6.45, 7) is 4.02. The van der Waals surface area contributed by atoms with Gasteiger partial charge in [-0.1, -0.05) is 48.5 Å². The molecule has 104 valence electrons. The minimum absolute atomic E-state index is 0.0690. The Bertz CT molecular complexity index is 815. The molecule has 21 heavy (non-hydrogen) atoms. The van der Waals surface area contributed by atoms with Crippen LogP contribution in [0, 0.1) is 13.8 Å². The highest BCUT2D eigenvalue weighted by Crippen LogP contribution is 2.21. The van der Waals surface area contributed by atoms with E-state index in [1.807, 2.05) is 74.5 Å². The fraction of sp³-hybridized carbons (Fsp3) is 0.105. The lowest BCUT2D eigenvalue weighted by molar-refractivity contribution is 0.102. The highest BCUT2D eigenvalue weighted by atomic mass is 16.1. The van der Waals surface area contributed by atoms with E-state index in [1.165, 1.54) is 0 Å². The first-order chi connectivity index (χ1) is 10.1. The quantitative estimate of drug-likeness (QED) is 0.721. The molecule has 0 atom stereocenters. The van der Waals surface area contributed by atoms with Crippen molar-refractivity contribution in [3.05, 3.63) is 77.4 Å². The molecule has 0 aliphatic carbocycles. The van der Waals surface area contributed by atoms with E-state index in [1.54, 1.807) is 0 Å². The molecule has 3 aromatic carbocycles. The minimum Gasteiger partial charge on any atom is -0.322 e. The Kier molecular flexibility index (Phi) is 3.44. The number of carbonyl (C=O) groups excluding carboxylic acids is 1. The van der Waals surface area contributed by atoms with Crippen molar-refractivity contribution in [2.24, 2.45) is 0 Å². The second kappa shape index (κ2) is 5.41. The molecule has 0 unspecified atom stereocenters. The van der Waals surface area contributed by atoms with Gasteiger partial charge in [-0.05, 0) is 47.9 Å². The third-order valence-corrected chi connectivity index (χ3v) is 3.68. The molecule has 0 aliphatic heterocycles. The van der Waals surface area contributed by atoms with Crippen molar-refractivity contribution in [2.45, 2.75) is 13.8 Å². The Balaban J connectivity index is 1.99. The van der Waals surface area contributed by atoms with Crippen molar-refractivity contribution in [1.82, 2.24) is 0 Å². The van der Waals surface area contributed by atoms with Crippen molar-refractivity contribution < 1.29 is 4.79 Å². The van der Waals surface area contributed by atoms with E-state index in [9.17, 15) is 4.79 Å². The van der Waals surface area contributed by atoms with Gasteiger partial charge in [0.15, 0.2) is 0 Å². The first kappa shape index (κ1) is 13.4. The number of carbonyl (C=O) groups is 1. The lowest BCUT2D eigenvalue weighted by Gasteiger charge is -2.11. The van der Waals surface area contributed by atoms with Crippen LogP contribution < -0.4 is 5.32 Å². The van der Waals surface area contributed by atoms with Gasteiger partial charge >= 0.3 is 0 Å². The van der Waals surface area contributed by atoms with Crippen molar-refractivity contribution in [2.75, 3.05) is 5.32 Å². The lowest BCUT2D eigenvalue weighted by Crippen LogP contribution is -2.13. The lowest BCUT2D eigenvalue weighted by atomic mass is 10.0. The van der Waals surface area contributed by atoms with Crippen molar-refractivity contribution in [3.63, 3.8) is 0 Å². The Morgan fingerprint density at radius 1 is 0.905 bits per heavy atom. The van der Waals surface area contributed by atoms with Gasteiger partial charge in [0.25, 0.3) is 5.91 Å². The van der Waals surface area contributed by atoms with E-state index in [-0.39, 0.29) is 5.91 Å². The summed E-state index contributed by atoms with van der Waals surface area (Å²) in [5.74, 6) is -0.0690. The highest BCUT2D eigenvalue weighted by molar-refractivity contribution is 6.13. The standard InChI is InChI=1S/C19H17NO/c1-13-10-11-14(2)18(12-13)20-19(21)17-9-5-7-15-6-3-4-8-16(15)17/h3-12H,1-2H3,(H,20,21). The second-order valence-corrected chi connectivity index (χ2v) is 5.30. The average molecular weight is 275 g/mol.